The Kier molecular flexibility index (Phi) is 7.71. The Morgan fingerprint density at radius 3 is 2.38 bits per heavy atom. The molecule has 1 heterocycles. The van der Waals surface area contributed by atoms with Crippen LogP contribution in [0.2, 0.25) is 0 Å². The summed E-state index contributed by atoms with van der Waals surface area (Å²) in [6, 6.07) is 12.0. The highest BCUT2D eigenvalue weighted by atomic mass is 32.2. The number of benzene rings is 1. The third-order valence-electron chi connectivity index (χ3n) is 4.03. The number of nitriles is 1. The van der Waals surface area contributed by atoms with Crippen LogP contribution in [0.15, 0.2) is 36.5 Å². The van der Waals surface area contributed by atoms with Crippen molar-refractivity contribution in [3.63, 3.8) is 0 Å². The molecule has 0 N–H and O–H groups in total. The van der Waals surface area contributed by atoms with Gasteiger partial charge in [0.2, 0.25) is 5.82 Å². The molecule has 0 saturated heterocycles. The highest BCUT2D eigenvalue weighted by Crippen LogP contribution is 2.22. The van der Waals surface area contributed by atoms with Crippen LogP contribution < -0.4 is 4.90 Å². The van der Waals surface area contributed by atoms with Gasteiger partial charge in [0.05, 0.1) is 12.9 Å². The minimum atomic E-state index is -3.38. The molecule has 2 rings (SSSR count). The molecule has 1 aromatic heterocycles. The van der Waals surface area contributed by atoms with E-state index in [-0.39, 0.29) is 17.8 Å². The zero-order valence-electron chi connectivity index (χ0n) is 17.4. The Labute approximate surface area is 173 Å². The first-order chi connectivity index (χ1) is 13.6. The Balaban J connectivity index is 2.05. The summed E-state index contributed by atoms with van der Waals surface area (Å²) in [6.45, 7) is 8.11. The zero-order valence-corrected chi connectivity index (χ0v) is 18.2. The first kappa shape index (κ1) is 22.8. The molecule has 0 aliphatic carbocycles. The highest BCUT2D eigenvalue weighted by molar-refractivity contribution is 7.85. The number of hydrogen-bond acceptors (Lipinski definition) is 7. The summed E-state index contributed by atoms with van der Waals surface area (Å²) in [6.07, 6.45) is 4.06. The predicted molar refractivity (Wildman–Crippen MR) is 113 cm³/mol. The number of hydrogen-bond donors (Lipinski definition) is 0. The molecule has 0 aliphatic heterocycles. The third-order valence-corrected chi connectivity index (χ3v) is 4.63. The number of anilines is 1. The smallest absolute Gasteiger partial charge is 0.264 e. The topological polar surface area (TPSA) is 96.2 Å². The average Bonchev–Trinajstić information content (AvgIpc) is 2.64. The van der Waals surface area contributed by atoms with Crippen molar-refractivity contribution < 1.29 is 12.6 Å². The van der Waals surface area contributed by atoms with Gasteiger partial charge in [-0.05, 0) is 35.4 Å². The molecule has 7 nitrogen and oxygen atoms in total. The molecule has 8 heteroatoms. The fraction of sp³-hybridized carbons (Fsp3) is 0.476. The zero-order chi connectivity index (χ0) is 21.5. The molecule has 156 valence electrons. The van der Waals surface area contributed by atoms with Crippen molar-refractivity contribution in [2.24, 2.45) is 5.41 Å². The quantitative estimate of drug-likeness (QED) is 0.457. The Morgan fingerprint density at radius 1 is 1.14 bits per heavy atom. The van der Waals surface area contributed by atoms with Crippen molar-refractivity contribution in [3.8, 4) is 6.07 Å². The van der Waals surface area contributed by atoms with E-state index in [1.165, 1.54) is 0 Å². The van der Waals surface area contributed by atoms with Gasteiger partial charge in [0.1, 0.15) is 11.9 Å². The van der Waals surface area contributed by atoms with E-state index in [0.717, 1.165) is 36.2 Å². The number of rotatable bonds is 9. The van der Waals surface area contributed by atoms with Crippen molar-refractivity contribution in [1.29, 1.82) is 5.26 Å². The van der Waals surface area contributed by atoms with Crippen LogP contribution >= 0.6 is 0 Å². The summed E-state index contributed by atoms with van der Waals surface area (Å²) in [4.78, 5) is 10.5. The van der Waals surface area contributed by atoms with Crippen molar-refractivity contribution in [3.05, 3.63) is 53.5 Å². The van der Waals surface area contributed by atoms with Gasteiger partial charge in [-0.2, -0.15) is 13.7 Å². The molecular weight excluding hydrogens is 388 g/mol. The van der Waals surface area contributed by atoms with Crippen LogP contribution in [0.1, 0.15) is 44.1 Å². The van der Waals surface area contributed by atoms with Gasteiger partial charge >= 0.3 is 0 Å². The summed E-state index contributed by atoms with van der Waals surface area (Å²) in [7, 11) is -3.38. The molecule has 0 unspecified atom stereocenters. The van der Waals surface area contributed by atoms with E-state index in [2.05, 4.69) is 47.8 Å². The maximum atomic E-state index is 11.0. The highest BCUT2D eigenvalue weighted by Gasteiger charge is 2.19. The molecule has 29 heavy (non-hydrogen) atoms. The molecule has 0 saturated carbocycles. The van der Waals surface area contributed by atoms with Gasteiger partial charge in [0.25, 0.3) is 10.1 Å². The number of aryl methyl sites for hydroxylation is 1. The van der Waals surface area contributed by atoms with Crippen LogP contribution in [0.5, 0.6) is 0 Å². The van der Waals surface area contributed by atoms with E-state index in [4.69, 9.17) is 9.44 Å². The molecule has 0 fully saturated rings. The molecule has 0 radical (unpaired) electrons. The minimum absolute atomic E-state index is 0.0529. The van der Waals surface area contributed by atoms with Crippen LogP contribution in [-0.2, 0) is 27.3 Å². The SMILES string of the molecule is CC(C)(C)CN(Cc1ccc(CCCOS(C)(=O)=O)cc1)c1ccnc(C#N)n1. The minimum Gasteiger partial charge on any atom is -0.352 e. The molecule has 0 aliphatic rings. The predicted octanol–water partition coefficient (Wildman–Crippen LogP) is 3.31. The van der Waals surface area contributed by atoms with Crippen LogP contribution in [0.3, 0.4) is 0 Å². The van der Waals surface area contributed by atoms with E-state index in [0.29, 0.717) is 13.0 Å². The lowest BCUT2D eigenvalue weighted by Crippen LogP contribution is -2.33. The van der Waals surface area contributed by atoms with Gasteiger partial charge in [0.15, 0.2) is 0 Å². The normalized spacial score (nSPS) is 11.8. The molecule has 0 spiro atoms. The summed E-state index contributed by atoms with van der Waals surface area (Å²) in [5.41, 5.74) is 2.31. The molecule has 1 aromatic carbocycles. The summed E-state index contributed by atoms with van der Waals surface area (Å²) >= 11 is 0. The average molecular weight is 417 g/mol. The van der Waals surface area contributed by atoms with E-state index in [1.807, 2.05) is 24.3 Å². The Bertz CT molecular complexity index is 945. The second kappa shape index (κ2) is 9.81. The first-order valence-electron chi connectivity index (χ1n) is 9.46. The second-order valence-electron chi connectivity index (χ2n) is 8.21. The Morgan fingerprint density at radius 2 is 1.79 bits per heavy atom. The maximum absolute atomic E-state index is 11.0. The van der Waals surface area contributed by atoms with E-state index < -0.39 is 10.1 Å². The number of aromatic nitrogens is 2. The van der Waals surface area contributed by atoms with Gasteiger partial charge in [-0.1, -0.05) is 45.0 Å². The lowest BCUT2D eigenvalue weighted by atomic mass is 9.95. The lowest BCUT2D eigenvalue weighted by molar-refractivity contribution is 0.316. The second-order valence-corrected chi connectivity index (χ2v) is 9.86. The molecule has 0 amide bonds. The lowest BCUT2D eigenvalue weighted by Gasteiger charge is -2.31. The molecule has 0 bridgehead atoms. The molecule has 0 atom stereocenters. The van der Waals surface area contributed by atoms with Crippen LogP contribution in [0, 0.1) is 16.7 Å². The van der Waals surface area contributed by atoms with E-state index >= 15 is 0 Å². The largest absolute Gasteiger partial charge is 0.352 e. The van der Waals surface area contributed by atoms with Crippen molar-refractivity contribution >= 4 is 15.9 Å². The third kappa shape index (κ3) is 8.59. The monoisotopic (exact) mass is 416 g/mol. The number of nitrogens with zero attached hydrogens (tertiary/aromatic N) is 4. The van der Waals surface area contributed by atoms with Crippen LogP contribution in [0.4, 0.5) is 5.82 Å². The van der Waals surface area contributed by atoms with Crippen molar-refractivity contribution in [2.75, 3.05) is 24.3 Å². The van der Waals surface area contributed by atoms with Crippen LogP contribution in [-0.4, -0.2) is 37.8 Å². The molecule has 2 aromatic rings. The molecular formula is C21H28N4O3S. The van der Waals surface area contributed by atoms with Crippen molar-refractivity contribution in [1.82, 2.24) is 9.97 Å². The standard InChI is InChI=1S/C21H28N4O3S/c1-21(2,3)16-25(20-11-12-23-19(14-22)24-20)15-18-9-7-17(8-10-18)6-5-13-28-29(4,26)27/h7-12H,5-6,13,15-16H2,1-4H3. The first-order valence-corrected chi connectivity index (χ1v) is 11.3. The van der Waals surface area contributed by atoms with Gasteiger partial charge in [-0.3, -0.25) is 4.18 Å². The maximum Gasteiger partial charge on any atom is 0.264 e. The van der Waals surface area contributed by atoms with Crippen molar-refractivity contribution in [2.45, 2.75) is 40.2 Å². The van der Waals surface area contributed by atoms with Gasteiger partial charge in [0, 0.05) is 19.3 Å². The van der Waals surface area contributed by atoms with Gasteiger partial charge in [-0.25, -0.2) is 9.97 Å². The fourth-order valence-electron chi connectivity index (χ4n) is 2.89. The van der Waals surface area contributed by atoms with Gasteiger partial charge < -0.3 is 4.90 Å². The fourth-order valence-corrected chi connectivity index (χ4v) is 3.31. The summed E-state index contributed by atoms with van der Waals surface area (Å²) in [5, 5.41) is 9.09. The van der Waals surface area contributed by atoms with E-state index in [1.54, 1.807) is 6.20 Å². The summed E-state index contributed by atoms with van der Waals surface area (Å²) < 4.78 is 26.8. The Hall–Kier alpha value is -2.50. The summed E-state index contributed by atoms with van der Waals surface area (Å²) in [5.74, 6) is 0.890. The van der Waals surface area contributed by atoms with Crippen LogP contribution in [0.25, 0.3) is 0 Å². The van der Waals surface area contributed by atoms with E-state index in [9.17, 15) is 8.42 Å². The van der Waals surface area contributed by atoms with Gasteiger partial charge in [-0.15, -0.1) is 0 Å².